The first-order chi connectivity index (χ1) is 17.8. The third-order valence-electron chi connectivity index (χ3n) is 7.60. The van der Waals surface area contributed by atoms with Gasteiger partial charge in [0.05, 0.1) is 11.7 Å². The van der Waals surface area contributed by atoms with Gasteiger partial charge in [0.25, 0.3) is 5.91 Å². The van der Waals surface area contributed by atoms with Gasteiger partial charge in [-0.3, -0.25) is 14.9 Å². The van der Waals surface area contributed by atoms with Gasteiger partial charge >= 0.3 is 0 Å². The topological polar surface area (TPSA) is 52.7 Å². The van der Waals surface area contributed by atoms with Crippen LogP contribution >= 0.6 is 0 Å². The predicted octanol–water partition coefficient (Wildman–Crippen LogP) is 5.47. The Morgan fingerprint density at radius 3 is 2.19 bits per heavy atom. The Kier molecular flexibility index (Phi) is 7.11. The molecule has 2 heterocycles. The zero-order valence-electron chi connectivity index (χ0n) is 21.5. The summed E-state index contributed by atoms with van der Waals surface area (Å²) in [5, 5.41) is 3.66. The number of carbonyl (C=O) groups is 2. The molecule has 2 saturated heterocycles. The fourth-order valence-corrected chi connectivity index (χ4v) is 5.61. The van der Waals surface area contributed by atoms with Gasteiger partial charge in [0, 0.05) is 38.0 Å². The number of amides is 2. The smallest absolute Gasteiger partial charge is 0.253 e. The second-order valence-corrected chi connectivity index (χ2v) is 10.6. The summed E-state index contributed by atoms with van der Waals surface area (Å²) in [6.07, 6.45) is 2.07. The lowest BCUT2D eigenvalue weighted by Gasteiger charge is -2.44. The molecule has 2 aliphatic heterocycles. The highest BCUT2D eigenvalue weighted by Gasteiger charge is 2.51. The molecule has 2 fully saturated rings. The quantitative estimate of drug-likeness (QED) is 0.489. The summed E-state index contributed by atoms with van der Waals surface area (Å²) in [5.74, 6) is 0.201. The normalized spacial score (nSPS) is 19.1. The molecule has 192 valence electrons. The number of halogens is 1. The highest BCUT2D eigenvalue weighted by atomic mass is 19.1. The molecule has 37 heavy (non-hydrogen) atoms. The first kappa shape index (κ1) is 25.2. The van der Waals surface area contributed by atoms with Crippen LogP contribution in [0.3, 0.4) is 0 Å². The molecule has 1 N–H and O–H groups in total. The van der Waals surface area contributed by atoms with Crippen molar-refractivity contribution in [2.24, 2.45) is 5.92 Å². The standard InChI is InChI=1S/C31H34FN3O2/c1-22(2)20-28-30(37)35(21-23-8-14-27(32)15-9-23)31(33-28)16-18-34(19-17-31)29(36)26-12-10-25(11-13-26)24-6-4-3-5-7-24/h3-15,22,28,33H,16-21H2,1-2H3. The van der Waals surface area contributed by atoms with Crippen LogP contribution in [0, 0.1) is 11.7 Å². The molecule has 5 nitrogen and oxygen atoms in total. The number of rotatable bonds is 6. The number of hydrogen-bond acceptors (Lipinski definition) is 3. The maximum absolute atomic E-state index is 13.5. The largest absolute Gasteiger partial charge is 0.338 e. The van der Waals surface area contributed by atoms with Crippen LogP contribution in [0.1, 0.15) is 49.0 Å². The lowest BCUT2D eigenvalue weighted by atomic mass is 9.94. The Morgan fingerprint density at radius 2 is 1.57 bits per heavy atom. The summed E-state index contributed by atoms with van der Waals surface area (Å²) in [6.45, 7) is 5.79. The Hall–Kier alpha value is -3.51. The molecule has 0 saturated carbocycles. The lowest BCUT2D eigenvalue weighted by molar-refractivity contribution is -0.134. The molecule has 0 aromatic heterocycles. The molecule has 3 aromatic carbocycles. The number of piperidine rings is 1. The molecule has 0 aliphatic carbocycles. The van der Waals surface area contributed by atoms with Crippen molar-refractivity contribution < 1.29 is 14.0 Å². The van der Waals surface area contributed by atoms with E-state index >= 15 is 0 Å². The average molecular weight is 500 g/mol. The summed E-state index contributed by atoms with van der Waals surface area (Å²) in [7, 11) is 0. The van der Waals surface area contributed by atoms with Crippen molar-refractivity contribution in [3.8, 4) is 11.1 Å². The minimum absolute atomic E-state index is 0.0163. The maximum Gasteiger partial charge on any atom is 0.253 e. The zero-order chi connectivity index (χ0) is 26.0. The van der Waals surface area contributed by atoms with E-state index in [1.165, 1.54) is 12.1 Å². The summed E-state index contributed by atoms with van der Waals surface area (Å²) in [4.78, 5) is 30.6. The molecule has 0 radical (unpaired) electrons. The van der Waals surface area contributed by atoms with Gasteiger partial charge in [-0.15, -0.1) is 0 Å². The van der Waals surface area contributed by atoms with Crippen molar-refractivity contribution in [1.29, 1.82) is 0 Å². The number of hydrogen-bond donors (Lipinski definition) is 1. The van der Waals surface area contributed by atoms with Crippen LogP contribution in [0.5, 0.6) is 0 Å². The van der Waals surface area contributed by atoms with Gasteiger partial charge in [-0.2, -0.15) is 0 Å². The van der Waals surface area contributed by atoms with Crippen LogP contribution in [0.4, 0.5) is 4.39 Å². The SMILES string of the molecule is CC(C)CC1NC2(CCN(C(=O)c3ccc(-c4ccccc4)cc3)CC2)N(Cc2ccc(F)cc2)C1=O. The second kappa shape index (κ2) is 10.5. The number of nitrogens with one attached hydrogen (secondary N) is 1. The van der Waals surface area contributed by atoms with Crippen molar-refractivity contribution in [3.05, 3.63) is 95.8 Å². The summed E-state index contributed by atoms with van der Waals surface area (Å²) in [5.41, 5.74) is 3.27. The van der Waals surface area contributed by atoms with Gasteiger partial charge < -0.3 is 9.80 Å². The van der Waals surface area contributed by atoms with Gasteiger partial charge in [0.2, 0.25) is 5.91 Å². The van der Waals surface area contributed by atoms with E-state index in [1.54, 1.807) is 12.1 Å². The van der Waals surface area contributed by atoms with E-state index < -0.39 is 5.66 Å². The van der Waals surface area contributed by atoms with E-state index in [-0.39, 0.29) is 23.7 Å². The summed E-state index contributed by atoms with van der Waals surface area (Å²) < 4.78 is 13.5. The zero-order valence-corrected chi connectivity index (χ0v) is 21.5. The van der Waals surface area contributed by atoms with E-state index in [4.69, 9.17) is 0 Å². The number of benzene rings is 3. The van der Waals surface area contributed by atoms with Crippen LogP contribution in [-0.4, -0.2) is 46.4 Å². The van der Waals surface area contributed by atoms with E-state index in [2.05, 4.69) is 31.3 Å². The molecule has 2 aliphatic rings. The molecule has 1 atom stereocenters. The molecule has 2 amide bonds. The Bertz CT molecular complexity index is 1230. The van der Waals surface area contributed by atoms with Gasteiger partial charge in [-0.05, 0) is 53.3 Å². The first-order valence-corrected chi connectivity index (χ1v) is 13.1. The number of nitrogens with zero attached hydrogens (tertiary/aromatic N) is 2. The van der Waals surface area contributed by atoms with Crippen LogP contribution < -0.4 is 5.32 Å². The van der Waals surface area contributed by atoms with Crippen molar-refractivity contribution in [1.82, 2.24) is 15.1 Å². The third-order valence-corrected chi connectivity index (χ3v) is 7.60. The van der Waals surface area contributed by atoms with Crippen molar-refractivity contribution >= 4 is 11.8 Å². The number of likely N-dealkylation sites (tertiary alicyclic amines) is 1. The molecular weight excluding hydrogens is 465 g/mol. The maximum atomic E-state index is 13.5. The van der Waals surface area contributed by atoms with Crippen LogP contribution in [0.15, 0.2) is 78.9 Å². The van der Waals surface area contributed by atoms with Crippen molar-refractivity contribution in [3.63, 3.8) is 0 Å². The first-order valence-electron chi connectivity index (χ1n) is 13.1. The van der Waals surface area contributed by atoms with Gasteiger partial charge in [0.1, 0.15) is 5.82 Å². The van der Waals surface area contributed by atoms with Crippen molar-refractivity contribution in [2.45, 2.75) is 51.4 Å². The Morgan fingerprint density at radius 1 is 0.946 bits per heavy atom. The second-order valence-electron chi connectivity index (χ2n) is 10.6. The fraction of sp³-hybridized carbons (Fsp3) is 0.355. The minimum Gasteiger partial charge on any atom is -0.338 e. The van der Waals surface area contributed by atoms with Crippen molar-refractivity contribution in [2.75, 3.05) is 13.1 Å². The molecule has 6 heteroatoms. The average Bonchev–Trinajstić information content (AvgIpc) is 3.15. The minimum atomic E-state index is -0.501. The van der Waals surface area contributed by atoms with E-state index in [9.17, 15) is 14.0 Å². The van der Waals surface area contributed by atoms with E-state index in [1.807, 2.05) is 52.3 Å². The molecule has 1 spiro atoms. The molecule has 0 bridgehead atoms. The summed E-state index contributed by atoms with van der Waals surface area (Å²) in [6, 6.07) is 24.0. The highest BCUT2D eigenvalue weighted by Crippen LogP contribution is 2.36. The Balaban J connectivity index is 1.30. The fourth-order valence-electron chi connectivity index (χ4n) is 5.61. The van der Waals surface area contributed by atoms with Crippen LogP contribution in [-0.2, 0) is 11.3 Å². The van der Waals surface area contributed by atoms with E-state index in [0.717, 1.165) is 23.1 Å². The molecule has 1 unspecified atom stereocenters. The Labute approximate surface area is 218 Å². The highest BCUT2D eigenvalue weighted by molar-refractivity contribution is 5.95. The molecule has 5 rings (SSSR count). The lowest BCUT2D eigenvalue weighted by Crippen LogP contribution is -2.59. The van der Waals surface area contributed by atoms with Gasteiger partial charge in [0.15, 0.2) is 0 Å². The molecule has 3 aromatic rings. The van der Waals surface area contributed by atoms with E-state index in [0.29, 0.717) is 44.0 Å². The summed E-state index contributed by atoms with van der Waals surface area (Å²) >= 11 is 0. The van der Waals surface area contributed by atoms with Gasteiger partial charge in [-0.25, -0.2) is 4.39 Å². The number of carbonyl (C=O) groups excluding carboxylic acids is 2. The van der Waals surface area contributed by atoms with Crippen LogP contribution in [0.25, 0.3) is 11.1 Å². The predicted molar refractivity (Wildman–Crippen MR) is 143 cm³/mol. The monoisotopic (exact) mass is 499 g/mol. The molecular formula is C31H34FN3O2. The van der Waals surface area contributed by atoms with Crippen LogP contribution in [0.2, 0.25) is 0 Å². The third kappa shape index (κ3) is 5.30. The van der Waals surface area contributed by atoms with Gasteiger partial charge in [-0.1, -0.05) is 68.4 Å².